The Labute approximate surface area is 228 Å². The molecule has 6 rings (SSSR count). The van der Waals surface area contributed by atoms with E-state index in [1.54, 1.807) is 30.3 Å². The number of benzene rings is 2. The zero-order chi connectivity index (χ0) is 26.6. The van der Waals surface area contributed by atoms with Gasteiger partial charge in [0.1, 0.15) is 25.6 Å². The number of allylic oxidation sites excluding steroid dienone is 4. The number of fused-ring (bicyclic) bond motifs is 5. The molecule has 1 aromatic heterocycles. The zero-order valence-electron chi connectivity index (χ0n) is 19.0. The number of Topliss-reactive ketones (excluding diaryl/α,β-unsaturated/α-hetero) is 2. The molecule has 2 aromatic carbocycles. The van der Waals surface area contributed by atoms with Crippen molar-refractivity contribution in [3.05, 3.63) is 84.6 Å². The van der Waals surface area contributed by atoms with E-state index in [0.29, 0.717) is 11.0 Å². The summed E-state index contributed by atoms with van der Waals surface area (Å²) in [6, 6.07) is 9.48. The third-order valence-corrected chi connectivity index (χ3v) is 9.99. The number of phenolic OH excluding ortho intramolecular Hbond substituents is 1. The van der Waals surface area contributed by atoms with Crippen LogP contribution in [0, 0.1) is 0 Å². The SMILES string of the molecule is Cn1c(=O)n2n(c1=O)[C@@H]1C[C@@]3(Cl)C(=O)C(Cl)=C(Cl)C(=O)[C@@]3(Cl)[C@@H](c3ccc4ccccc4c3O)C1=CC2. The molecular weight excluding hydrogens is 564 g/mol. The van der Waals surface area contributed by atoms with Crippen molar-refractivity contribution >= 4 is 68.7 Å². The fourth-order valence-corrected chi connectivity index (χ4v) is 7.44. The topological polar surface area (TPSA) is 103 Å². The Morgan fingerprint density at radius 3 is 2.35 bits per heavy atom. The number of nitrogens with zero attached hydrogens (tertiary/aromatic N) is 3. The molecule has 0 unspecified atom stereocenters. The molecule has 0 bridgehead atoms. The Balaban J connectivity index is 1.71. The van der Waals surface area contributed by atoms with Crippen LogP contribution >= 0.6 is 46.4 Å². The number of alkyl halides is 2. The molecule has 37 heavy (non-hydrogen) atoms. The predicted molar refractivity (Wildman–Crippen MR) is 140 cm³/mol. The fraction of sp³-hybridized carbons (Fsp3) is 0.280. The van der Waals surface area contributed by atoms with Crippen molar-refractivity contribution in [1.29, 1.82) is 0 Å². The number of hydrogen-bond acceptors (Lipinski definition) is 5. The van der Waals surface area contributed by atoms with Crippen LogP contribution in [0.15, 0.2) is 67.7 Å². The van der Waals surface area contributed by atoms with Crippen LogP contribution in [0.3, 0.4) is 0 Å². The number of carbonyl (C=O) groups excluding carboxylic acids is 2. The van der Waals surface area contributed by atoms with Crippen LogP contribution in [-0.2, 0) is 23.2 Å². The van der Waals surface area contributed by atoms with E-state index in [1.165, 1.54) is 16.4 Å². The highest BCUT2D eigenvalue weighted by Crippen LogP contribution is 2.64. The normalized spacial score (nSPS) is 29.2. The molecule has 0 spiro atoms. The Kier molecular flexibility index (Phi) is 5.22. The van der Waals surface area contributed by atoms with E-state index in [9.17, 15) is 24.3 Å². The summed E-state index contributed by atoms with van der Waals surface area (Å²) in [4.78, 5) is 48.8. The van der Waals surface area contributed by atoms with Gasteiger partial charge in [0.05, 0.1) is 12.6 Å². The summed E-state index contributed by atoms with van der Waals surface area (Å²) in [7, 11) is 1.34. The number of phenols is 1. The Morgan fingerprint density at radius 2 is 1.62 bits per heavy atom. The van der Waals surface area contributed by atoms with E-state index >= 15 is 0 Å². The maximum atomic E-state index is 13.8. The van der Waals surface area contributed by atoms with Gasteiger partial charge in [0.25, 0.3) is 0 Å². The van der Waals surface area contributed by atoms with E-state index in [0.717, 1.165) is 9.95 Å². The van der Waals surface area contributed by atoms with Crippen molar-refractivity contribution in [3.63, 3.8) is 0 Å². The minimum absolute atomic E-state index is 0.000306. The molecule has 8 nitrogen and oxygen atoms in total. The van der Waals surface area contributed by atoms with Crippen LogP contribution in [0.4, 0.5) is 0 Å². The maximum Gasteiger partial charge on any atom is 0.347 e. The molecule has 1 N–H and O–H groups in total. The van der Waals surface area contributed by atoms with Gasteiger partial charge in [0, 0.05) is 30.3 Å². The summed E-state index contributed by atoms with van der Waals surface area (Å²) >= 11 is 26.6. The van der Waals surface area contributed by atoms with Crippen molar-refractivity contribution in [2.75, 3.05) is 0 Å². The number of aromatic hydroxyl groups is 1. The molecule has 0 saturated heterocycles. The molecule has 3 aliphatic rings. The van der Waals surface area contributed by atoms with Crippen molar-refractivity contribution in [3.8, 4) is 5.75 Å². The molecule has 0 radical (unpaired) electrons. The van der Waals surface area contributed by atoms with Crippen LogP contribution < -0.4 is 11.4 Å². The molecular formula is C25H17Cl4N3O5. The highest BCUT2D eigenvalue weighted by atomic mass is 35.5. The lowest BCUT2D eigenvalue weighted by Gasteiger charge is -2.54. The van der Waals surface area contributed by atoms with Gasteiger partial charge in [-0.3, -0.25) is 9.59 Å². The Morgan fingerprint density at radius 1 is 0.946 bits per heavy atom. The molecule has 12 heteroatoms. The molecule has 2 heterocycles. The molecule has 4 atom stereocenters. The quantitative estimate of drug-likeness (QED) is 0.349. The fourth-order valence-electron chi connectivity index (χ4n) is 5.93. The number of hydrogen-bond donors (Lipinski definition) is 1. The average Bonchev–Trinajstić information content (AvgIpc) is 3.11. The lowest BCUT2D eigenvalue weighted by molar-refractivity contribution is -0.128. The lowest BCUT2D eigenvalue weighted by atomic mass is 9.59. The third kappa shape index (κ3) is 2.87. The molecule has 190 valence electrons. The second-order valence-electron chi connectivity index (χ2n) is 9.43. The molecule has 1 fully saturated rings. The van der Waals surface area contributed by atoms with E-state index in [-0.39, 0.29) is 24.3 Å². The first-order valence-electron chi connectivity index (χ1n) is 11.3. The largest absolute Gasteiger partial charge is 0.507 e. The van der Waals surface area contributed by atoms with Gasteiger partial charge in [-0.2, -0.15) is 0 Å². The van der Waals surface area contributed by atoms with Gasteiger partial charge in [-0.05, 0) is 11.0 Å². The molecule has 1 saturated carbocycles. The van der Waals surface area contributed by atoms with Gasteiger partial charge in [0.15, 0.2) is 11.6 Å². The summed E-state index contributed by atoms with van der Waals surface area (Å²) in [6.45, 7) is 0.000306. The summed E-state index contributed by atoms with van der Waals surface area (Å²) in [5, 5.41) is 11.5. The highest BCUT2D eigenvalue weighted by molar-refractivity contribution is 6.66. The van der Waals surface area contributed by atoms with Gasteiger partial charge < -0.3 is 5.11 Å². The van der Waals surface area contributed by atoms with Crippen LogP contribution in [0.25, 0.3) is 10.8 Å². The first kappa shape index (κ1) is 24.6. The van der Waals surface area contributed by atoms with Crippen LogP contribution in [-0.4, -0.2) is 40.4 Å². The highest BCUT2D eigenvalue weighted by Gasteiger charge is 2.71. The number of carbonyl (C=O) groups is 2. The first-order chi connectivity index (χ1) is 17.4. The van der Waals surface area contributed by atoms with Gasteiger partial charge >= 0.3 is 11.4 Å². The van der Waals surface area contributed by atoms with Crippen molar-refractivity contribution in [2.24, 2.45) is 7.05 Å². The predicted octanol–water partition coefficient (Wildman–Crippen LogP) is 3.67. The van der Waals surface area contributed by atoms with E-state index < -0.39 is 54.7 Å². The van der Waals surface area contributed by atoms with Gasteiger partial charge in [-0.15, -0.1) is 23.2 Å². The number of ketones is 2. The summed E-state index contributed by atoms with van der Waals surface area (Å²) in [5.74, 6) is -3.09. The van der Waals surface area contributed by atoms with Crippen LogP contribution in [0.2, 0.25) is 0 Å². The van der Waals surface area contributed by atoms with Crippen molar-refractivity contribution in [1.82, 2.24) is 13.9 Å². The summed E-state index contributed by atoms with van der Waals surface area (Å²) in [5.41, 5.74) is -0.506. The Bertz CT molecular complexity index is 1770. The van der Waals surface area contributed by atoms with Crippen LogP contribution in [0.1, 0.15) is 23.9 Å². The Hall–Kier alpha value is -2.78. The van der Waals surface area contributed by atoms with Crippen molar-refractivity contribution < 1.29 is 14.7 Å². The molecule has 1 aliphatic heterocycles. The number of aromatic nitrogens is 3. The van der Waals surface area contributed by atoms with E-state index in [1.807, 2.05) is 12.1 Å². The first-order valence-corrected chi connectivity index (χ1v) is 12.8. The van der Waals surface area contributed by atoms with E-state index in [2.05, 4.69) is 0 Å². The number of rotatable bonds is 1. The average molecular weight is 581 g/mol. The minimum atomic E-state index is -2.19. The van der Waals surface area contributed by atoms with Gasteiger partial charge in [0.2, 0.25) is 0 Å². The van der Waals surface area contributed by atoms with Crippen LogP contribution in [0.5, 0.6) is 5.75 Å². The number of halogens is 4. The minimum Gasteiger partial charge on any atom is -0.507 e. The standard InChI is InChI=1S/C25H17Cl4N3O5/c1-30-22(36)31-9-8-13-15(32(31)23(30)37)10-24(28)20(34)17(26)18(27)21(35)25(24,29)16(13)14-7-6-11-4-2-3-5-12(11)19(14)33/h2-8,15-16,33H,9-10H2,1H3/t15-,16-,24-,25+/m1/s1. The second kappa shape index (κ2) is 7.86. The maximum absolute atomic E-state index is 13.8. The van der Waals surface area contributed by atoms with Gasteiger partial charge in [-0.25, -0.2) is 23.5 Å². The smallest absolute Gasteiger partial charge is 0.347 e. The molecule has 0 amide bonds. The lowest BCUT2D eigenvalue weighted by Crippen LogP contribution is -2.67. The van der Waals surface area contributed by atoms with Crippen molar-refractivity contribution in [2.45, 2.75) is 34.7 Å². The molecule has 2 aliphatic carbocycles. The zero-order valence-corrected chi connectivity index (χ0v) is 22.1. The summed E-state index contributed by atoms with van der Waals surface area (Å²) in [6.07, 6.45) is 1.36. The van der Waals surface area contributed by atoms with E-state index in [4.69, 9.17) is 46.4 Å². The monoisotopic (exact) mass is 579 g/mol. The van der Waals surface area contributed by atoms with Gasteiger partial charge in [-0.1, -0.05) is 65.7 Å². The third-order valence-electron chi connectivity index (χ3n) is 7.74. The molecule has 3 aromatic rings. The summed E-state index contributed by atoms with van der Waals surface area (Å²) < 4.78 is 3.39. The second-order valence-corrected chi connectivity index (χ2v) is 11.4.